The smallest absolute Gasteiger partial charge is 0.311 e. The van der Waals surface area contributed by atoms with Crippen molar-refractivity contribution >= 4 is 23.3 Å². The molecule has 0 bridgehead atoms. The first-order valence-electron chi connectivity index (χ1n) is 10.8. The first kappa shape index (κ1) is 20.3. The van der Waals surface area contributed by atoms with Gasteiger partial charge in [0.1, 0.15) is 0 Å². The Morgan fingerprint density at radius 2 is 1.83 bits per heavy atom. The second-order valence-corrected chi connectivity index (χ2v) is 8.11. The summed E-state index contributed by atoms with van der Waals surface area (Å²) in [4.78, 5) is 39.2. The Balaban J connectivity index is 1.36. The number of aryl methyl sites for hydroxylation is 3. The maximum atomic E-state index is 12.5. The molecule has 30 heavy (non-hydrogen) atoms. The molecule has 2 aromatic carbocycles. The normalized spacial score (nSPS) is 18.2. The van der Waals surface area contributed by atoms with Crippen LogP contribution in [0.15, 0.2) is 42.5 Å². The fourth-order valence-electron chi connectivity index (χ4n) is 4.42. The van der Waals surface area contributed by atoms with E-state index in [1.165, 1.54) is 17.5 Å². The number of carbonyl (C=O) groups excluding carboxylic acids is 3. The molecule has 1 heterocycles. The highest BCUT2D eigenvalue weighted by molar-refractivity contribution is 6.01. The predicted molar refractivity (Wildman–Crippen MR) is 115 cm³/mol. The van der Waals surface area contributed by atoms with Crippen LogP contribution in [-0.4, -0.2) is 30.8 Å². The van der Waals surface area contributed by atoms with Crippen molar-refractivity contribution in [1.29, 1.82) is 0 Å². The van der Waals surface area contributed by atoms with E-state index < -0.39 is 11.9 Å². The number of hydrogen-bond donors (Lipinski definition) is 0. The molecule has 1 aliphatic carbocycles. The standard InChI is InChI=1S/C25H27NO4/c1-2-17-7-5-6-10-22(17)26-15-21(14-24(26)28)25(29)30-16-23(27)20-12-11-18-8-3-4-9-19(18)13-20/h5-7,10-13,21H,2-4,8-9,14-16H2,1H3/t21-/m1/s1. The van der Waals surface area contributed by atoms with Crippen LogP contribution in [-0.2, 0) is 33.6 Å². The van der Waals surface area contributed by atoms with Crippen molar-refractivity contribution in [3.8, 4) is 0 Å². The van der Waals surface area contributed by atoms with Crippen LogP contribution in [0.25, 0.3) is 0 Å². The van der Waals surface area contributed by atoms with Crippen molar-refractivity contribution < 1.29 is 19.1 Å². The van der Waals surface area contributed by atoms with Crippen molar-refractivity contribution in [3.63, 3.8) is 0 Å². The van der Waals surface area contributed by atoms with Gasteiger partial charge in [0.2, 0.25) is 5.91 Å². The Hall–Kier alpha value is -2.95. The second-order valence-electron chi connectivity index (χ2n) is 8.11. The summed E-state index contributed by atoms with van der Waals surface area (Å²) >= 11 is 0. The molecule has 4 rings (SSSR count). The maximum absolute atomic E-state index is 12.5. The van der Waals surface area contributed by atoms with Crippen LogP contribution >= 0.6 is 0 Å². The number of benzene rings is 2. The lowest BCUT2D eigenvalue weighted by Crippen LogP contribution is -2.28. The predicted octanol–water partition coefficient (Wildman–Crippen LogP) is 3.91. The molecule has 0 unspecified atom stereocenters. The third-order valence-corrected chi connectivity index (χ3v) is 6.14. The molecule has 1 aliphatic heterocycles. The van der Waals surface area contributed by atoms with Gasteiger partial charge in [0.25, 0.3) is 0 Å². The zero-order valence-electron chi connectivity index (χ0n) is 17.4. The maximum Gasteiger partial charge on any atom is 0.311 e. The SMILES string of the molecule is CCc1ccccc1N1C[C@H](C(=O)OCC(=O)c2ccc3c(c2)CCCC3)CC1=O. The number of esters is 1. The highest BCUT2D eigenvalue weighted by atomic mass is 16.5. The van der Waals surface area contributed by atoms with Gasteiger partial charge in [0.15, 0.2) is 12.4 Å². The first-order chi connectivity index (χ1) is 14.6. The van der Waals surface area contributed by atoms with E-state index in [0.717, 1.165) is 36.9 Å². The average Bonchev–Trinajstić information content (AvgIpc) is 3.18. The van der Waals surface area contributed by atoms with Gasteiger partial charge in [-0.3, -0.25) is 14.4 Å². The molecule has 0 saturated carbocycles. The molecular formula is C25H27NO4. The lowest BCUT2D eigenvalue weighted by Gasteiger charge is -2.19. The summed E-state index contributed by atoms with van der Waals surface area (Å²) < 4.78 is 5.31. The molecule has 1 saturated heterocycles. The molecule has 5 nitrogen and oxygen atoms in total. The minimum Gasteiger partial charge on any atom is -0.457 e. The van der Waals surface area contributed by atoms with E-state index in [-0.39, 0.29) is 24.7 Å². The van der Waals surface area contributed by atoms with E-state index in [9.17, 15) is 14.4 Å². The number of fused-ring (bicyclic) bond motifs is 1. The number of hydrogen-bond acceptors (Lipinski definition) is 4. The number of anilines is 1. The van der Waals surface area contributed by atoms with Gasteiger partial charge >= 0.3 is 5.97 Å². The van der Waals surface area contributed by atoms with Crippen molar-refractivity contribution in [1.82, 2.24) is 0 Å². The molecule has 5 heteroatoms. The van der Waals surface area contributed by atoms with Gasteiger partial charge in [-0.15, -0.1) is 0 Å². The average molecular weight is 405 g/mol. The van der Waals surface area contributed by atoms with Crippen LogP contribution in [0.1, 0.15) is 53.2 Å². The number of amides is 1. The van der Waals surface area contributed by atoms with Crippen molar-refractivity contribution in [3.05, 3.63) is 64.7 Å². The van der Waals surface area contributed by atoms with Crippen LogP contribution in [0.4, 0.5) is 5.69 Å². The minimum absolute atomic E-state index is 0.0844. The topological polar surface area (TPSA) is 63.7 Å². The molecule has 0 aromatic heterocycles. The van der Waals surface area contributed by atoms with Crippen LogP contribution in [0.3, 0.4) is 0 Å². The fourth-order valence-corrected chi connectivity index (χ4v) is 4.42. The summed E-state index contributed by atoms with van der Waals surface area (Å²) in [6, 6.07) is 13.5. The number of para-hydroxylation sites is 1. The van der Waals surface area contributed by atoms with Gasteiger partial charge in [-0.2, -0.15) is 0 Å². The number of nitrogens with zero attached hydrogens (tertiary/aromatic N) is 1. The number of rotatable bonds is 6. The Kier molecular flexibility index (Phi) is 5.98. The molecular weight excluding hydrogens is 378 g/mol. The van der Waals surface area contributed by atoms with E-state index in [1.54, 1.807) is 4.90 Å². The molecule has 1 amide bonds. The molecule has 0 spiro atoms. The van der Waals surface area contributed by atoms with Crippen molar-refractivity contribution in [2.24, 2.45) is 5.92 Å². The molecule has 2 aliphatic rings. The van der Waals surface area contributed by atoms with Gasteiger partial charge < -0.3 is 9.64 Å². The van der Waals surface area contributed by atoms with Gasteiger partial charge in [0, 0.05) is 24.2 Å². The van der Waals surface area contributed by atoms with Gasteiger partial charge in [0.05, 0.1) is 5.92 Å². The number of ether oxygens (including phenoxy) is 1. The fraction of sp³-hybridized carbons (Fsp3) is 0.400. The number of ketones is 1. The summed E-state index contributed by atoms with van der Waals surface area (Å²) in [7, 11) is 0. The lowest BCUT2D eigenvalue weighted by atomic mass is 9.90. The van der Waals surface area contributed by atoms with E-state index in [1.807, 2.05) is 49.4 Å². The molecule has 0 N–H and O–H groups in total. The minimum atomic E-state index is -0.543. The zero-order valence-corrected chi connectivity index (χ0v) is 17.4. The van der Waals surface area contributed by atoms with Crippen LogP contribution in [0.5, 0.6) is 0 Å². The number of Topliss-reactive ketones (excluding diaryl/α,β-unsaturated/α-hetero) is 1. The van der Waals surface area contributed by atoms with Gasteiger partial charge in [-0.1, -0.05) is 37.3 Å². The summed E-state index contributed by atoms with van der Waals surface area (Å²) in [5, 5.41) is 0. The van der Waals surface area contributed by atoms with Crippen LogP contribution < -0.4 is 4.90 Å². The molecule has 1 atom stereocenters. The quantitative estimate of drug-likeness (QED) is 0.540. The van der Waals surface area contributed by atoms with Gasteiger partial charge in [-0.05, 0) is 60.9 Å². The number of carbonyl (C=O) groups is 3. The monoisotopic (exact) mass is 405 g/mol. The largest absolute Gasteiger partial charge is 0.457 e. The first-order valence-corrected chi connectivity index (χ1v) is 10.8. The highest BCUT2D eigenvalue weighted by Gasteiger charge is 2.37. The van der Waals surface area contributed by atoms with E-state index >= 15 is 0 Å². The van der Waals surface area contributed by atoms with Gasteiger partial charge in [-0.25, -0.2) is 0 Å². The Bertz CT molecular complexity index is 981. The third kappa shape index (κ3) is 4.16. The Morgan fingerprint density at radius 3 is 2.63 bits per heavy atom. The lowest BCUT2D eigenvalue weighted by molar-refractivity contribution is -0.147. The highest BCUT2D eigenvalue weighted by Crippen LogP contribution is 2.29. The Labute approximate surface area is 177 Å². The molecule has 0 radical (unpaired) electrons. The summed E-state index contributed by atoms with van der Waals surface area (Å²) in [5.41, 5.74) is 5.05. The Morgan fingerprint density at radius 1 is 1.07 bits per heavy atom. The zero-order chi connectivity index (χ0) is 21.1. The molecule has 156 valence electrons. The summed E-state index contributed by atoms with van der Waals surface area (Å²) in [6.07, 6.45) is 5.32. The van der Waals surface area contributed by atoms with Crippen molar-refractivity contribution in [2.75, 3.05) is 18.1 Å². The second kappa shape index (κ2) is 8.82. The molecule has 1 fully saturated rings. The van der Waals surface area contributed by atoms with Crippen LogP contribution in [0, 0.1) is 5.92 Å². The summed E-state index contributed by atoms with van der Waals surface area (Å²) in [5.74, 6) is -1.31. The molecule has 2 aromatic rings. The van der Waals surface area contributed by atoms with E-state index in [4.69, 9.17) is 4.74 Å². The van der Waals surface area contributed by atoms with E-state index in [2.05, 4.69) is 0 Å². The van der Waals surface area contributed by atoms with Crippen LogP contribution in [0.2, 0.25) is 0 Å². The third-order valence-electron chi connectivity index (χ3n) is 6.14. The van der Waals surface area contributed by atoms with Crippen molar-refractivity contribution in [2.45, 2.75) is 45.4 Å². The van der Waals surface area contributed by atoms with E-state index in [0.29, 0.717) is 12.1 Å². The summed E-state index contributed by atoms with van der Waals surface area (Å²) in [6.45, 7) is 2.05.